The van der Waals surface area contributed by atoms with Crippen molar-refractivity contribution in [2.24, 2.45) is 0 Å². The number of hydrogen-bond acceptors (Lipinski definition) is 2. The van der Waals surface area contributed by atoms with Crippen LogP contribution in [0.15, 0.2) is 29.2 Å². The van der Waals surface area contributed by atoms with Crippen LogP contribution in [0.2, 0.25) is 0 Å². The molecule has 1 aliphatic rings. The molecule has 0 unspecified atom stereocenters. The van der Waals surface area contributed by atoms with Crippen molar-refractivity contribution in [3.63, 3.8) is 0 Å². The molecule has 2 heteroatoms. The van der Waals surface area contributed by atoms with Crippen LogP contribution in [0.1, 0.15) is 24.4 Å². The molecular formula is C10H13NS. The van der Waals surface area contributed by atoms with Gasteiger partial charge in [0.15, 0.2) is 0 Å². The molecule has 0 aliphatic carbocycles. The fourth-order valence-corrected chi connectivity index (χ4v) is 1.82. The van der Waals surface area contributed by atoms with E-state index in [1.165, 1.54) is 18.4 Å². The quantitative estimate of drug-likeness (QED) is 0.631. The van der Waals surface area contributed by atoms with Crippen LogP contribution in [0.5, 0.6) is 0 Å². The van der Waals surface area contributed by atoms with Crippen LogP contribution in [-0.4, -0.2) is 6.54 Å². The first-order chi connectivity index (χ1) is 5.86. The summed E-state index contributed by atoms with van der Waals surface area (Å²) >= 11 is 4.25. The molecule has 0 bridgehead atoms. The first kappa shape index (κ1) is 8.14. The maximum absolute atomic E-state index is 4.25. The third-order valence-electron chi connectivity index (χ3n) is 2.36. The van der Waals surface area contributed by atoms with E-state index in [1.54, 1.807) is 0 Å². The molecule has 0 amide bonds. The molecule has 1 saturated heterocycles. The summed E-state index contributed by atoms with van der Waals surface area (Å²) in [5.41, 5.74) is 1.39. The average molecular weight is 179 g/mol. The van der Waals surface area contributed by atoms with Gasteiger partial charge in [-0.25, -0.2) is 0 Å². The van der Waals surface area contributed by atoms with Gasteiger partial charge in [0.1, 0.15) is 0 Å². The lowest BCUT2D eigenvalue weighted by Crippen LogP contribution is -2.12. The first-order valence-electron chi connectivity index (χ1n) is 4.38. The lowest BCUT2D eigenvalue weighted by molar-refractivity contribution is 0.647. The number of thiol groups is 1. The van der Waals surface area contributed by atoms with Crippen molar-refractivity contribution in [2.75, 3.05) is 6.54 Å². The van der Waals surface area contributed by atoms with E-state index < -0.39 is 0 Å². The second-order valence-corrected chi connectivity index (χ2v) is 3.76. The Labute approximate surface area is 78.6 Å². The summed E-state index contributed by atoms with van der Waals surface area (Å²) in [6.45, 7) is 1.16. The molecule has 0 saturated carbocycles. The van der Waals surface area contributed by atoms with Gasteiger partial charge < -0.3 is 5.32 Å². The summed E-state index contributed by atoms with van der Waals surface area (Å²) in [6.07, 6.45) is 2.57. The smallest absolute Gasteiger partial charge is 0.0320 e. The Morgan fingerprint density at radius 2 is 2.00 bits per heavy atom. The van der Waals surface area contributed by atoms with Gasteiger partial charge in [-0.15, -0.1) is 12.6 Å². The highest BCUT2D eigenvalue weighted by Crippen LogP contribution is 2.23. The highest BCUT2D eigenvalue weighted by atomic mass is 32.1. The minimum absolute atomic E-state index is 0.582. The number of benzene rings is 1. The van der Waals surface area contributed by atoms with E-state index >= 15 is 0 Å². The van der Waals surface area contributed by atoms with Gasteiger partial charge in [-0.05, 0) is 37.1 Å². The molecule has 64 valence electrons. The fourth-order valence-electron chi connectivity index (χ4n) is 1.68. The summed E-state index contributed by atoms with van der Waals surface area (Å²) in [5.74, 6) is 0. The predicted octanol–water partition coefficient (Wildman–Crippen LogP) is 2.40. The predicted molar refractivity (Wildman–Crippen MR) is 53.7 cm³/mol. The van der Waals surface area contributed by atoms with E-state index in [9.17, 15) is 0 Å². The number of rotatable bonds is 1. The maximum atomic E-state index is 4.25. The van der Waals surface area contributed by atoms with Gasteiger partial charge in [0, 0.05) is 10.9 Å². The minimum atomic E-state index is 0.582. The third-order valence-corrected chi connectivity index (χ3v) is 2.65. The zero-order chi connectivity index (χ0) is 8.39. The molecule has 1 heterocycles. The van der Waals surface area contributed by atoms with Gasteiger partial charge in [0.05, 0.1) is 0 Å². The molecule has 1 N–H and O–H groups in total. The third kappa shape index (κ3) is 1.65. The Hall–Kier alpha value is -0.470. The van der Waals surface area contributed by atoms with Gasteiger partial charge in [-0.2, -0.15) is 0 Å². The van der Waals surface area contributed by atoms with Gasteiger partial charge >= 0.3 is 0 Å². The van der Waals surface area contributed by atoms with Gasteiger partial charge in [-0.1, -0.05) is 12.1 Å². The van der Waals surface area contributed by atoms with E-state index in [-0.39, 0.29) is 0 Å². The Bertz CT molecular complexity index is 249. The lowest BCUT2D eigenvalue weighted by atomic mass is 10.1. The Balaban J connectivity index is 2.17. The van der Waals surface area contributed by atoms with Crippen LogP contribution in [0.25, 0.3) is 0 Å². The molecule has 0 aromatic heterocycles. The number of hydrogen-bond donors (Lipinski definition) is 2. The van der Waals surface area contributed by atoms with Crippen molar-refractivity contribution in [3.8, 4) is 0 Å². The molecule has 1 atom stereocenters. The minimum Gasteiger partial charge on any atom is -0.310 e. The summed E-state index contributed by atoms with van der Waals surface area (Å²) in [4.78, 5) is 1.04. The second-order valence-electron chi connectivity index (χ2n) is 3.24. The molecule has 2 rings (SSSR count). The normalized spacial score (nSPS) is 22.9. The van der Waals surface area contributed by atoms with Crippen molar-refractivity contribution < 1.29 is 0 Å². The molecular weight excluding hydrogens is 166 g/mol. The number of nitrogens with one attached hydrogen (secondary N) is 1. The first-order valence-corrected chi connectivity index (χ1v) is 4.83. The highest BCUT2D eigenvalue weighted by Gasteiger charge is 2.14. The molecule has 1 aromatic carbocycles. The van der Waals surface area contributed by atoms with E-state index in [0.29, 0.717) is 6.04 Å². The molecule has 1 aliphatic heterocycles. The van der Waals surface area contributed by atoms with Crippen LogP contribution in [-0.2, 0) is 0 Å². The van der Waals surface area contributed by atoms with Gasteiger partial charge in [0.25, 0.3) is 0 Å². The summed E-state index contributed by atoms with van der Waals surface area (Å²) in [5, 5.41) is 3.47. The van der Waals surface area contributed by atoms with E-state index in [4.69, 9.17) is 0 Å². The van der Waals surface area contributed by atoms with Gasteiger partial charge in [0.2, 0.25) is 0 Å². The fraction of sp³-hybridized carbons (Fsp3) is 0.400. The van der Waals surface area contributed by atoms with Gasteiger partial charge in [-0.3, -0.25) is 0 Å². The highest BCUT2D eigenvalue weighted by molar-refractivity contribution is 7.80. The molecule has 0 radical (unpaired) electrons. The summed E-state index contributed by atoms with van der Waals surface area (Å²) in [7, 11) is 0. The van der Waals surface area contributed by atoms with Crippen LogP contribution >= 0.6 is 12.6 Å². The van der Waals surface area contributed by atoms with Crippen molar-refractivity contribution in [3.05, 3.63) is 29.8 Å². The Kier molecular flexibility index (Phi) is 2.38. The molecule has 0 spiro atoms. The molecule has 1 nitrogen and oxygen atoms in total. The molecule has 12 heavy (non-hydrogen) atoms. The SMILES string of the molecule is Sc1ccc([C@@H]2CCCN2)cc1. The maximum Gasteiger partial charge on any atom is 0.0320 e. The summed E-state index contributed by atoms with van der Waals surface area (Å²) < 4.78 is 0. The Morgan fingerprint density at radius 1 is 1.25 bits per heavy atom. The zero-order valence-electron chi connectivity index (χ0n) is 6.96. The largest absolute Gasteiger partial charge is 0.310 e. The second kappa shape index (κ2) is 3.50. The van der Waals surface area contributed by atoms with Crippen LogP contribution in [0.3, 0.4) is 0 Å². The van der Waals surface area contributed by atoms with Crippen LogP contribution in [0, 0.1) is 0 Å². The summed E-state index contributed by atoms with van der Waals surface area (Å²) in [6, 6.07) is 9.01. The topological polar surface area (TPSA) is 12.0 Å². The van der Waals surface area contributed by atoms with Crippen molar-refractivity contribution in [1.82, 2.24) is 5.32 Å². The standard InChI is InChI=1S/C10H13NS/c12-9-5-3-8(4-6-9)10-2-1-7-11-10/h3-6,10-12H,1-2,7H2/t10-/m0/s1. The average Bonchev–Trinajstić information content (AvgIpc) is 2.58. The molecule has 1 fully saturated rings. The molecule has 1 aromatic rings. The van der Waals surface area contributed by atoms with E-state index in [0.717, 1.165) is 11.4 Å². The van der Waals surface area contributed by atoms with Crippen molar-refractivity contribution >= 4 is 12.6 Å². The van der Waals surface area contributed by atoms with Crippen molar-refractivity contribution in [1.29, 1.82) is 0 Å². The van der Waals surface area contributed by atoms with Crippen LogP contribution < -0.4 is 5.32 Å². The van der Waals surface area contributed by atoms with E-state index in [1.807, 2.05) is 0 Å². The van der Waals surface area contributed by atoms with E-state index in [2.05, 4.69) is 42.2 Å². The zero-order valence-corrected chi connectivity index (χ0v) is 7.85. The van der Waals surface area contributed by atoms with Crippen molar-refractivity contribution in [2.45, 2.75) is 23.8 Å². The van der Waals surface area contributed by atoms with Crippen LogP contribution in [0.4, 0.5) is 0 Å². The monoisotopic (exact) mass is 179 g/mol. The lowest BCUT2D eigenvalue weighted by Gasteiger charge is -2.09. The Morgan fingerprint density at radius 3 is 2.58 bits per heavy atom.